The van der Waals surface area contributed by atoms with Crippen molar-refractivity contribution in [1.29, 1.82) is 0 Å². The van der Waals surface area contributed by atoms with Crippen LogP contribution in [-0.4, -0.2) is 32.7 Å². The van der Waals surface area contributed by atoms with Crippen LogP contribution in [-0.2, 0) is 19.6 Å². The molecule has 0 heterocycles. The third kappa shape index (κ3) is 6.55. The van der Waals surface area contributed by atoms with Crippen LogP contribution in [0.4, 0.5) is 4.39 Å². The fraction of sp³-hybridized carbons (Fsp3) is 0.529. The first-order valence-corrected chi connectivity index (χ1v) is 9.58. The molecule has 0 bridgehead atoms. The van der Waals surface area contributed by atoms with Crippen molar-refractivity contribution in [3.8, 4) is 0 Å². The lowest BCUT2D eigenvalue weighted by Crippen LogP contribution is -2.52. The maximum absolute atomic E-state index is 13.0. The fourth-order valence-corrected chi connectivity index (χ4v) is 3.61. The van der Waals surface area contributed by atoms with Crippen molar-refractivity contribution in [2.24, 2.45) is 11.8 Å². The summed E-state index contributed by atoms with van der Waals surface area (Å²) in [5.74, 6) is -1.27. The Labute approximate surface area is 148 Å². The number of sulfonamides is 1. The smallest absolute Gasteiger partial charge is 0.241 e. The number of benzene rings is 1. The van der Waals surface area contributed by atoms with E-state index in [9.17, 15) is 22.4 Å². The predicted molar refractivity (Wildman–Crippen MR) is 92.8 cm³/mol. The highest BCUT2D eigenvalue weighted by Gasteiger charge is 2.29. The van der Waals surface area contributed by atoms with Gasteiger partial charge in [-0.15, -0.1) is 0 Å². The first-order chi connectivity index (χ1) is 11.6. The zero-order valence-corrected chi connectivity index (χ0v) is 15.6. The first kappa shape index (κ1) is 21.2. The van der Waals surface area contributed by atoms with Crippen molar-refractivity contribution in [2.75, 3.05) is 0 Å². The molecule has 1 aromatic carbocycles. The van der Waals surface area contributed by atoms with Crippen LogP contribution in [0.5, 0.6) is 0 Å². The van der Waals surface area contributed by atoms with Crippen molar-refractivity contribution in [1.82, 2.24) is 10.0 Å². The minimum Gasteiger partial charge on any atom is -0.345 e. The molecule has 0 saturated heterocycles. The number of rotatable bonds is 9. The lowest BCUT2D eigenvalue weighted by molar-refractivity contribution is -0.126. The summed E-state index contributed by atoms with van der Waals surface area (Å²) in [6.45, 7) is 7.21. The molecule has 0 spiro atoms. The van der Waals surface area contributed by atoms with Gasteiger partial charge in [-0.3, -0.25) is 4.79 Å². The summed E-state index contributed by atoms with van der Waals surface area (Å²) in [6.07, 6.45) is 1.11. The molecule has 0 radical (unpaired) electrons. The third-order valence-electron chi connectivity index (χ3n) is 3.57. The molecule has 0 aliphatic carbocycles. The predicted octanol–water partition coefficient (Wildman–Crippen LogP) is 1.86. The zero-order chi connectivity index (χ0) is 19.2. The average molecular weight is 372 g/mol. The van der Waals surface area contributed by atoms with E-state index in [-0.39, 0.29) is 16.7 Å². The molecule has 25 heavy (non-hydrogen) atoms. The van der Waals surface area contributed by atoms with Crippen molar-refractivity contribution in [2.45, 2.75) is 51.1 Å². The second kappa shape index (κ2) is 9.05. The quantitative estimate of drug-likeness (QED) is 0.647. The van der Waals surface area contributed by atoms with Crippen LogP contribution in [0.15, 0.2) is 29.2 Å². The van der Waals surface area contributed by atoms with Crippen molar-refractivity contribution < 1.29 is 22.4 Å². The summed E-state index contributed by atoms with van der Waals surface area (Å²) in [4.78, 5) is 23.4. The van der Waals surface area contributed by atoms with Crippen LogP contribution < -0.4 is 10.0 Å². The number of hydrogen-bond acceptors (Lipinski definition) is 4. The van der Waals surface area contributed by atoms with Gasteiger partial charge in [0.2, 0.25) is 15.9 Å². The normalized spacial score (nSPS) is 14.4. The Morgan fingerprint density at radius 2 is 1.72 bits per heavy atom. The van der Waals surface area contributed by atoms with Gasteiger partial charge in [0.05, 0.1) is 10.9 Å². The van der Waals surface area contributed by atoms with Crippen LogP contribution in [0.25, 0.3) is 0 Å². The van der Waals surface area contributed by atoms with Crippen molar-refractivity contribution in [3.63, 3.8) is 0 Å². The molecule has 1 rings (SSSR count). The van der Waals surface area contributed by atoms with Gasteiger partial charge in [-0.1, -0.05) is 27.7 Å². The molecule has 0 fully saturated rings. The Kier molecular flexibility index (Phi) is 7.69. The number of carbonyl (C=O) groups is 2. The molecular weight excluding hydrogens is 347 g/mol. The van der Waals surface area contributed by atoms with E-state index in [1.807, 2.05) is 13.8 Å². The number of aldehydes is 1. The Balaban J connectivity index is 2.94. The molecule has 0 saturated carbocycles. The first-order valence-electron chi connectivity index (χ1n) is 8.10. The molecule has 2 N–H and O–H groups in total. The standard InChI is InChI=1S/C17H25FN2O4S/c1-11(2)9-14(10-21)19-17(22)16(12(3)4)20-25(23,24)15-7-5-13(18)6-8-15/h5-8,10-12,14,16,20H,9H2,1-4H3,(H,19,22)/t14-,16-/m0/s1. The summed E-state index contributed by atoms with van der Waals surface area (Å²) in [7, 11) is -4.00. The van der Waals surface area contributed by atoms with Crippen LogP contribution in [0, 0.1) is 17.7 Å². The topological polar surface area (TPSA) is 92.3 Å². The molecule has 2 atom stereocenters. The van der Waals surface area contributed by atoms with Gasteiger partial charge >= 0.3 is 0 Å². The molecular formula is C17H25FN2O4S. The number of hydrogen-bond donors (Lipinski definition) is 2. The van der Waals surface area contributed by atoms with Gasteiger partial charge in [0.25, 0.3) is 0 Å². The van der Waals surface area contributed by atoms with Crippen LogP contribution in [0.2, 0.25) is 0 Å². The maximum atomic E-state index is 13.0. The molecule has 6 nitrogen and oxygen atoms in total. The molecule has 1 amide bonds. The second-order valence-corrected chi connectivity index (χ2v) is 8.39. The summed E-state index contributed by atoms with van der Waals surface area (Å²) in [5.41, 5.74) is 0. The van der Waals surface area contributed by atoms with E-state index in [1.54, 1.807) is 13.8 Å². The SMILES string of the molecule is CC(C)C[C@@H](C=O)NC(=O)[C@@H](NS(=O)(=O)c1ccc(F)cc1)C(C)C. The van der Waals surface area contributed by atoms with Gasteiger partial charge in [0.1, 0.15) is 18.1 Å². The monoisotopic (exact) mass is 372 g/mol. The van der Waals surface area contributed by atoms with E-state index in [0.29, 0.717) is 12.7 Å². The van der Waals surface area contributed by atoms with Crippen molar-refractivity contribution >= 4 is 22.2 Å². The highest BCUT2D eigenvalue weighted by molar-refractivity contribution is 7.89. The van der Waals surface area contributed by atoms with Gasteiger partial charge in [-0.05, 0) is 42.5 Å². The van der Waals surface area contributed by atoms with Gasteiger partial charge in [0, 0.05) is 0 Å². The van der Waals surface area contributed by atoms with Gasteiger partial charge < -0.3 is 10.1 Å². The molecule has 0 aliphatic rings. The highest BCUT2D eigenvalue weighted by Crippen LogP contribution is 2.13. The van der Waals surface area contributed by atoms with Crippen LogP contribution in [0.3, 0.4) is 0 Å². The van der Waals surface area contributed by atoms with E-state index < -0.39 is 33.8 Å². The summed E-state index contributed by atoms with van der Waals surface area (Å²) in [6, 6.07) is 2.59. The number of amides is 1. The molecule has 1 aromatic rings. The van der Waals surface area contributed by atoms with E-state index >= 15 is 0 Å². The second-order valence-electron chi connectivity index (χ2n) is 6.68. The lowest BCUT2D eigenvalue weighted by atomic mass is 10.0. The zero-order valence-electron chi connectivity index (χ0n) is 14.8. The van der Waals surface area contributed by atoms with Crippen LogP contribution in [0.1, 0.15) is 34.1 Å². The van der Waals surface area contributed by atoms with Crippen LogP contribution >= 0.6 is 0 Å². The molecule has 0 aliphatic heterocycles. The Hall–Kier alpha value is -1.80. The van der Waals surface area contributed by atoms with E-state index in [1.165, 1.54) is 0 Å². The summed E-state index contributed by atoms with van der Waals surface area (Å²) < 4.78 is 40.1. The van der Waals surface area contributed by atoms with Gasteiger partial charge in [-0.25, -0.2) is 12.8 Å². The van der Waals surface area contributed by atoms with Crippen molar-refractivity contribution in [3.05, 3.63) is 30.1 Å². The largest absolute Gasteiger partial charge is 0.345 e. The molecule has 0 unspecified atom stereocenters. The Bertz CT molecular complexity index is 687. The Morgan fingerprint density at radius 3 is 2.16 bits per heavy atom. The Morgan fingerprint density at radius 1 is 1.16 bits per heavy atom. The minimum absolute atomic E-state index is 0.138. The highest BCUT2D eigenvalue weighted by atomic mass is 32.2. The summed E-state index contributed by atoms with van der Waals surface area (Å²) in [5, 5.41) is 2.57. The van der Waals surface area contributed by atoms with Gasteiger partial charge in [-0.2, -0.15) is 4.72 Å². The maximum Gasteiger partial charge on any atom is 0.241 e. The minimum atomic E-state index is -4.00. The van der Waals surface area contributed by atoms with E-state index in [2.05, 4.69) is 10.0 Å². The molecule has 8 heteroatoms. The van der Waals surface area contributed by atoms with Gasteiger partial charge in [0.15, 0.2) is 0 Å². The number of halogens is 1. The number of carbonyl (C=O) groups excluding carboxylic acids is 2. The lowest BCUT2D eigenvalue weighted by Gasteiger charge is -2.24. The fourth-order valence-electron chi connectivity index (χ4n) is 2.27. The van der Waals surface area contributed by atoms with E-state index in [4.69, 9.17) is 0 Å². The molecule has 0 aromatic heterocycles. The molecule has 140 valence electrons. The van der Waals surface area contributed by atoms with E-state index in [0.717, 1.165) is 24.3 Å². The average Bonchev–Trinajstić information content (AvgIpc) is 2.51. The summed E-state index contributed by atoms with van der Waals surface area (Å²) >= 11 is 0. The third-order valence-corrected chi connectivity index (χ3v) is 5.03. The number of nitrogens with one attached hydrogen (secondary N) is 2.